The Morgan fingerprint density at radius 1 is 1.52 bits per heavy atom. The summed E-state index contributed by atoms with van der Waals surface area (Å²) in [5.41, 5.74) is 3.74. The second-order valence-corrected chi connectivity index (χ2v) is 8.38. The lowest BCUT2D eigenvalue weighted by Gasteiger charge is -2.21. The standard InChI is InChI=1S/C16H19N3O2S2/c1-4-7-17-16-18-14(10-22-16)12-5-6-15-13(9-12)8-11(2)19(15)23(3,20)21/h4-6,9-11H,1,7-8H2,2-3H3,(H,17,18)/t11-/m1/s1. The molecule has 1 aliphatic rings. The Balaban J connectivity index is 1.92. The minimum absolute atomic E-state index is 0.0458. The molecule has 1 atom stereocenters. The third-order valence-corrected chi connectivity index (χ3v) is 5.86. The van der Waals surface area contributed by atoms with Gasteiger partial charge in [-0.1, -0.05) is 12.1 Å². The van der Waals surface area contributed by atoms with E-state index in [0.29, 0.717) is 6.54 Å². The molecule has 0 unspecified atom stereocenters. The Bertz CT molecular complexity index is 843. The third kappa shape index (κ3) is 3.11. The van der Waals surface area contributed by atoms with Crippen LogP contribution in [0.3, 0.4) is 0 Å². The van der Waals surface area contributed by atoms with Gasteiger partial charge in [-0.15, -0.1) is 17.9 Å². The summed E-state index contributed by atoms with van der Waals surface area (Å²) >= 11 is 1.55. The average molecular weight is 349 g/mol. The molecule has 0 saturated carbocycles. The minimum Gasteiger partial charge on any atom is -0.358 e. The molecule has 2 aromatic rings. The van der Waals surface area contributed by atoms with Crippen molar-refractivity contribution in [3.05, 3.63) is 41.8 Å². The van der Waals surface area contributed by atoms with Crippen LogP contribution in [0.1, 0.15) is 12.5 Å². The van der Waals surface area contributed by atoms with Crippen molar-refractivity contribution in [2.45, 2.75) is 19.4 Å². The maximum atomic E-state index is 12.0. The molecule has 7 heteroatoms. The van der Waals surface area contributed by atoms with Crippen LogP contribution in [-0.2, 0) is 16.4 Å². The minimum atomic E-state index is -3.25. The van der Waals surface area contributed by atoms with E-state index in [2.05, 4.69) is 16.9 Å². The Kier molecular flexibility index (Phi) is 4.16. The summed E-state index contributed by atoms with van der Waals surface area (Å²) in [5, 5.41) is 6.03. The van der Waals surface area contributed by atoms with Crippen molar-refractivity contribution in [2.24, 2.45) is 0 Å². The van der Waals surface area contributed by atoms with Crippen molar-refractivity contribution in [1.82, 2.24) is 4.98 Å². The smallest absolute Gasteiger partial charge is 0.232 e. The van der Waals surface area contributed by atoms with Gasteiger partial charge in [0.25, 0.3) is 0 Å². The quantitative estimate of drug-likeness (QED) is 0.843. The summed E-state index contributed by atoms with van der Waals surface area (Å²) in [4.78, 5) is 4.56. The first-order valence-electron chi connectivity index (χ1n) is 7.33. The van der Waals surface area contributed by atoms with Crippen LogP contribution in [0.5, 0.6) is 0 Å². The molecule has 122 valence electrons. The highest BCUT2D eigenvalue weighted by molar-refractivity contribution is 7.92. The predicted molar refractivity (Wildman–Crippen MR) is 96.7 cm³/mol. The van der Waals surface area contributed by atoms with Crippen molar-refractivity contribution >= 4 is 32.2 Å². The summed E-state index contributed by atoms with van der Waals surface area (Å²) in [6, 6.07) is 5.81. The summed E-state index contributed by atoms with van der Waals surface area (Å²) < 4.78 is 25.4. The van der Waals surface area contributed by atoms with Crippen molar-refractivity contribution in [1.29, 1.82) is 0 Å². The number of thiazole rings is 1. The van der Waals surface area contributed by atoms with E-state index in [1.807, 2.05) is 30.5 Å². The maximum Gasteiger partial charge on any atom is 0.232 e. The summed E-state index contributed by atoms with van der Waals surface area (Å²) in [7, 11) is -3.25. The molecule has 1 N–H and O–H groups in total. The second kappa shape index (κ2) is 5.98. The van der Waals surface area contributed by atoms with Crippen LogP contribution in [0.15, 0.2) is 36.2 Å². The van der Waals surface area contributed by atoms with Gasteiger partial charge in [0.2, 0.25) is 10.0 Å². The Labute approximate surface area is 140 Å². The molecule has 0 aliphatic carbocycles. The molecule has 1 aromatic carbocycles. The van der Waals surface area contributed by atoms with Gasteiger partial charge < -0.3 is 5.32 Å². The molecule has 5 nitrogen and oxygen atoms in total. The summed E-state index contributed by atoms with van der Waals surface area (Å²) in [5.74, 6) is 0. The number of hydrogen-bond donors (Lipinski definition) is 1. The predicted octanol–water partition coefficient (Wildman–Crippen LogP) is 3.12. The van der Waals surface area contributed by atoms with Gasteiger partial charge in [0.05, 0.1) is 17.6 Å². The Morgan fingerprint density at radius 3 is 3.00 bits per heavy atom. The summed E-state index contributed by atoms with van der Waals surface area (Å²) in [6.07, 6.45) is 3.77. The van der Waals surface area contributed by atoms with E-state index in [4.69, 9.17) is 0 Å². The maximum absolute atomic E-state index is 12.0. The van der Waals surface area contributed by atoms with Gasteiger partial charge in [-0.3, -0.25) is 4.31 Å². The van der Waals surface area contributed by atoms with Crippen molar-refractivity contribution in [3.63, 3.8) is 0 Å². The highest BCUT2D eigenvalue weighted by Gasteiger charge is 2.32. The molecule has 1 aromatic heterocycles. The number of nitrogens with zero attached hydrogens (tertiary/aromatic N) is 2. The van der Waals surface area contributed by atoms with Gasteiger partial charge in [0, 0.05) is 23.5 Å². The van der Waals surface area contributed by atoms with Gasteiger partial charge in [0.15, 0.2) is 5.13 Å². The monoisotopic (exact) mass is 349 g/mol. The fourth-order valence-corrected chi connectivity index (χ4v) is 4.91. The number of fused-ring (bicyclic) bond motifs is 1. The molecule has 0 saturated heterocycles. The fraction of sp³-hybridized carbons (Fsp3) is 0.312. The van der Waals surface area contributed by atoms with E-state index < -0.39 is 10.0 Å². The normalized spacial score (nSPS) is 17.1. The van der Waals surface area contributed by atoms with E-state index in [0.717, 1.165) is 34.1 Å². The lowest BCUT2D eigenvalue weighted by molar-refractivity contribution is 0.590. The molecule has 0 spiro atoms. The number of aromatic nitrogens is 1. The summed E-state index contributed by atoms with van der Waals surface area (Å²) in [6.45, 7) is 6.28. The van der Waals surface area contributed by atoms with Gasteiger partial charge in [-0.05, 0) is 31.0 Å². The highest BCUT2D eigenvalue weighted by Crippen LogP contribution is 2.37. The molecule has 0 bridgehead atoms. The number of sulfonamides is 1. The van der Waals surface area contributed by atoms with Crippen molar-refractivity contribution < 1.29 is 8.42 Å². The molecule has 23 heavy (non-hydrogen) atoms. The first kappa shape index (κ1) is 16.0. The molecule has 0 fully saturated rings. The number of hydrogen-bond acceptors (Lipinski definition) is 5. The number of nitrogens with one attached hydrogen (secondary N) is 1. The molecule has 0 amide bonds. The zero-order chi connectivity index (χ0) is 16.6. The number of benzene rings is 1. The van der Waals surface area contributed by atoms with E-state index in [1.54, 1.807) is 17.4 Å². The van der Waals surface area contributed by atoms with Crippen LogP contribution < -0.4 is 9.62 Å². The van der Waals surface area contributed by atoms with Crippen molar-refractivity contribution in [2.75, 3.05) is 22.4 Å². The number of anilines is 2. The molecule has 2 heterocycles. The molecule has 3 rings (SSSR count). The first-order chi connectivity index (χ1) is 10.9. The van der Waals surface area contributed by atoms with Gasteiger partial charge in [-0.2, -0.15) is 0 Å². The lowest BCUT2D eigenvalue weighted by atomic mass is 10.1. The SMILES string of the molecule is C=CCNc1nc(-c2ccc3c(c2)C[C@@H](C)N3S(C)(=O)=O)cs1. The van der Waals surface area contributed by atoms with Crippen LogP contribution >= 0.6 is 11.3 Å². The van der Waals surface area contributed by atoms with Gasteiger partial charge >= 0.3 is 0 Å². The van der Waals surface area contributed by atoms with E-state index in [1.165, 1.54) is 10.6 Å². The largest absolute Gasteiger partial charge is 0.358 e. The molecule has 0 radical (unpaired) electrons. The van der Waals surface area contributed by atoms with E-state index in [9.17, 15) is 8.42 Å². The molecular weight excluding hydrogens is 330 g/mol. The van der Waals surface area contributed by atoms with Crippen LogP contribution in [-0.4, -0.2) is 32.2 Å². The Morgan fingerprint density at radius 2 is 2.30 bits per heavy atom. The van der Waals surface area contributed by atoms with Crippen LogP contribution in [0.25, 0.3) is 11.3 Å². The molecule has 1 aliphatic heterocycles. The zero-order valence-electron chi connectivity index (χ0n) is 13.1. The van der Waals surface area contributed by atoms with Crippen LogP contribution in [0.2, 0.25) is 0 Å². The molecular formula is C16H19N3O2S2. The van der Waals surface area contributed by atoms with E-state index in [-0.39, 0.29) is 6.04 Å². The fourth-order valence-electron chi connectivity index (χ4n) is 2.91. The third-order valence-electron chi connectivity index (χ3n) is 3.79. The highest BCUT2D eigenvalue weighted by atomic mass is 32.2. The van der Waals surface area contributed by atoms with Gasteiger partial charge in [0.1, 0.15) is 0 Å². The lowest BCUT2D eigenvalue weighted by Crippen LogP contribution is -2.34. The Hall–Kier alpha value is -1.86. The zero-order valence-corrected chi connectivity index (χ0v) is 14.7. The van der Waals surface area contributed by atoms with E-state index >= 15 is 0 Å². The number of rotatable bonds is 5. The topological polar surface area (TPSA) is 62.3 Å². The van der Waals surface area contributed by atoms with Gasteiger partial charge in [-0.25, -0.2) is 13.4 Å². The van der Waals surface area contributed by atoms with Crippen molar-refractivity contribution in [3.8, 4) is 11.3 Å². The average Bonchev–Trinajstić information content (AvgIpc) is 3.06. The second-order valence-electron chi connectivity index (χ2n) is 5.66. The van der Waals surface area contributed by atoms with Crippen LogP contribution in [0.4, 0.5) is 10.8 Å². The van der Waals surface area contributed by atoms with Crippen LogP contribution in [0, 0.1) is 0 Å². The first-order valence-corrected chi connectivity index (χ1v) is 10.1.